The van der Waals surface area contributed by atoms with Crippen LogP contribution in [0.3, 0.4) is 0 Å². The molecule has 13 heteroatoms. The topological polar surface area (TPSA) is 142 Å². The highest BCUT2D eigenvalue weighted by Crippen LogP contribution is 2.36. The maximum atomic E-state index is 14.3. The van der Waals surface area contributed by atoms with Gasteiger partial charge in [0.15, 0.2) is 0 Å². The number of carbonyl (C=O) groups excluding carboxylic acids is 4. The van der Waals surface area contributed by atoms with Crippen LogP contribution in [0.2, 0.25) is 0 Å². The second-order valence-electron chi connectivity index (χ2n) is 16.4. The molecule has 3 heterocycles. The molecule has 2 aromatic rings. The van der Waals surface area contributed by atoms with Crippen molar-refractivity contribution in [2.45, 2.75) is 134 Å². The van der Waals surface area contributed by atoms with Crippen molar-refractivity contribution in [2.75, 3.05) is 27.8 Å². The minimum atomic E-state index is -0.709. The van der Waals surface area contributed by atoms with E-state index in [1.165, 1.54) is 11.3 Å². The highest BCUT2D eigenvalue weighted by atomic mass is 32.1. The Bertz CT molecular complexity index is 1560. The quantitative estimate of drug-likeness (QED) is 0.186. The van der Waals surface area contributed by atoms with Crippen LogP contribution in [0.15, 0.2) is 41.9 Å². The number of rotatable bonds is 19. The van der Waals surface area contributed by atoms with Gasteiger partial charge in [-0.3, -0.25) is 19.2 Å². The fourth-order valence-electron chi connectivity index (χ4n) is 9.19. The summed E-state index contributed by atoms with van der Waals surface area (Å²) in [7, 11) is 4.96. The van der Waals surface area contributed by atoms with Crippen molar-refractivity contribution in [1.82, 2.24) is 30.7 Å². The van der Waals surface area contributed by atoms with Gasteiger partial charge < -0.3 is 35.2 Å². The zero-order chi connectivity index (χ0) is 39.8. The minimum Gasteiger partial charge on any atom is -0.379 e. The number of carbonyl (C=O) groups is 4. The smallest absolute Gasteiger partial charge is 0.245 e. The molecule has 12 nitrogen and oxygen atoms in total. The van der Waals surface area contributed by atoms with Gasteiger partial charge in [-0.1, -0.05) is 71.4 Å². The number of aromatic nitrogens is 1. The molecule has 11 atom stereocenters. The third-order valence-electron chi connectivity index (χ3n) is 12.5. The number of likely N-dealkylation sites (N-methyl/N-ethyl adjacent to an activating group) is 1. The summed E-state index contributed by atoms with van der Waals surface area (Å²) < 4.78 is 12.1. The molecular formula is C42H64N6O6S. The number of benzene rings is 1. The van der Waals surface area contributed by atoms with Crippen molar-refractivity contribution in [2.24, 2.45) is 23.7 Å². The molecule has 2 saturated heterocycles. The molecule has 1 aromatic carbocycles. The SMILES string of the molecule is CCC(C)C(C(CC(=O)N1CCC[C@H]1C(OC)C(C)C(=O)NC(Cc1ccccc1)c1nccs1)OC)N(C)C(=O)C(NC(=O)[C@H]1N[C@@H]2CC[C@H]1C2)C(C)C. The number of hydrogen-bond acceptors (Lipinski definition) is 9. The third-order valence-corrected chi connectivity index (χ3v) is 13.4. The number of methoxy groups -OCH3 is 2. The highest BCUT2D eigenvalue weighted by molar-refractivity contribution is 7.09. The van der Waals surface area contributed by atoms with Crippen LogP contribution in [0.5, 0.6) is 0 Å². The lowest BCUT2D eigenvalue weighted by Crippen LogP contribution is -2.59. The van der Waals surface area contributed by atoms with Crippen molar-refractivity contribution in [3.05, 3.63) is 52.5 Å². The van der Waals surface area contributed by atoms with Gasteiger partial charge in [0.05, 0.1) is 48.7 Å². The number of fused-ring (bicyclic) bond motifs is 2. The molecule has 0 radical (unpaired) electrons. The molecule has 3 aliphatic rings. The summed E-state index contributed by atoms with van der Waals surface area (Å²) in [5.74, 6) is -0.917. The maximum Gasteiger partial charge on any atom is 0.245 e. The summed E-state index contributed by atoms with van der Waals surface area (Å²) in [5, 5.41) is 12.5. The molecule has 1 saturated carbocycles. The zero-order valence-electron chi connectivity index (χ0n) is 34.0. The average Bonchev–Trinajstić information content (AvgIpc) is 4.03. The van der Waals surface area contributed by atoms with Crippen LogP contribution < -0.4 is 16.0 Å². The number of nitrogens with one attached hydrogen (secondary N) is 3. The average molecular weight is 781 g/mol. The number of amides is 4. The van der Waals surface area contributed by atoms with Crippen LogP contribution >= 0.6 is 11.3 Å². The Labute approximate surface area is 331 Å². The third kappa shape index (κ3) is 10.1. The van der Waals surface area contributed by atoms with E-state index < -0.39 is 30.2 Å². The van der Waals surface area contributed by atoms with E-state index in [4.69, 9.17) is 9.47 Å². The molecule has 2 bridgehead atoms. The molecule has 2 aliphatic heterocycles. The summed E-state index contributed by atoms with van der Waals surface area (Å²) in [6.45, 7) is 10.4. The Morgan fingerprint density at radius 2 is 1.78 bits per heavy atom. The molecule has 0 spiro atoms. The Kier molecular flexibility index (Phi) is 15.3. The summed E-state index contributed by atoms with van der Waals surface area (Å²) >= 11 is 1.51. The number of ether oxygens (including phenoxy) is 2. The summed E-state index contributed by atoms with van der Waals surface area (Å²) in [6, 6.07) is 8.43. The van der Waals surface area contributed by atoms with E-state index in [9.17, 15) is 19.2 Å². The van der Waals surface area contributed by atoms with Gasteiger partial charge in [0.1, 0.15) is 11.0 Å². The number of nitrogens with zero attached hydrogens (tertiary/aromatic N) is 3. The molecule has 4 amide bonds. The Morgan fingerprint density at radius 1 is 1.04 bits per heavy atom. The monoisotopic (exact) mass is 780 g/mol. The molecular weight excluding hydrogens is 717 g/mol. The predicted molar refractivity (Wildman–Crippen MR) is 214 cm³/mol. The van der Waals surface area contributed by atoms with E-state index in [-0.39, 0.29) is 60.0 Å². The summed E-state index contributed by atoms with van der Waals surface area (Å²) in [6.07, 6.45) is 6.70. The second-order valence-corrected chi connectivity index (χ2v) is 17.3. The fraction of sp³-hybridized carbons (Fsp3) is 0.690. The molecule has 7 unspecified atom stereocenters. The molecule has 1 aliphatic carbocycles. The van der Waals surface area contributed by atoms with Crippen molar-refractivity contribution >= 4 is 35.0 Å². The Morgan fingerprint density at radius 3 is 2.36 bits per heavy atom. The lowest BCUT2D eigenvalue weighted by molar-refractivity contribution is -0.147. The van der Waals surface area contributed by atoms with E-state index in [0.717, 1.165) is 42.7 Å². The fourth-order valence-corrected chi connectivity index (χ4v) is 9.88. The van der Waals surface area contributed by atoms with E-state index >= 15 is 0 Å². The Balaban J connectivity index is 1.26. The van der Waals surface area contributed by atoms with E-state index in [2.05, 4.69) is 34.8 Å². The van der Waals surface area contributed by atoms with Gasteiger partial charge in [-0.2, -0.15) is 0 Å². The first-order valence-corrected chi connectivity index (χ1v) is 21.2. The van der Waals surface area contributed by atoms with Crippen molar-refractivity contribution < 1.29 is 28.7 Å². The lowest BCUT2D eigenvalue weighted by Gasteiger charge is -2.41. The Hall–Kier alpha value is -3.39. The predicted octanol–water partition coefficient (Wildman–Crippen LogP) is 4.74. The van der Waals surface area contributed by atoms with Gasteiger partial charge in [0, 0.05) is 45.4 Å². The van der Waals surface area contributed by atoms with Crippen molar-refractivity contribution in [3.63, 3.8) is 0 Å². The van der Waals surface area contributed by atoms with Crippen molar-refractivity contribution in [1.29, 1.82) is 0 Å². The largest absolute Gasteiger partial charge is 0.379 e. The van der Waals surface area contributed by atoms with E-state index in [1.807, 2.05) is 61.4 Å². The second kappa shape index (κ2) is 19.7. The van der Waals surface area contributed by atoms with Gasteiger partial charge in [-0.05, 0) is 61.8 Å². The van der Waals surface area contributed by atoms with Crippen LogP contribution in [0.4, 0.5) is 0 Å². The van der Waals surface area contributed by atoms with Gasteiger partial charge in [-0.25, -0.2) is 4.98 Å². The lowest BCUT2D eigenvalue weighted by atomic mass is 9.89. The number of hydrogen-bond donors (Lipinski definition) is 3. The zero-order valence-corrected chi connectivity index (χ0v) is 34.8. The number of piperidine rings is 1. The molecule has 5 rings (SSSR count). The van der Waals surface area contributed by atoms with Gasteiger partial charge >= 0.3 is 0 Å². The van der Waals surface area contributed by atoms with Gasteiger partial charge in [-0.15, -0.1) is 11.3 Å². The molecule has 55 heavy (non-hydrogen) atoms. The molecule has 304 valence electrons. The van der Waals surface area contributed by atoms with Gasteiger partial charge in [0.2, 0.25) is 23.6 Å². The van der Waals surface area contributed by atoms with Crippen LogP contribution in [-0.2, 0) is 35.1 Å². The molecule has 3 N–H and O–H groups in total. The molecule has 1 aromatic heterocycles. The number of thiazole rings is 1. The maximum absolute atomic E-state index is 14.3. The van der Waals surface area contributed by atoms with Crippen LogP contribution in [0.25, 0.3) is 0 Å². The highest BCUT2D eigenvalue weighted by Gasteiger charge is 2.46. The normalized spacial score (nSPS) is 24.5. The summed E-state index contributed by atoms with van der Waals surface area (Å²) in [5.41, 5.74) is 1.10. The van der Waals surface area contributed by atoms with Crippen molar-refractivity contribution in [3.8, 4) is 0 Å². The molecule has 3 fully saturated rings. The van der Waals surface area contributed by atoms with E-state index in [1.54, 1.807) is 32.4 Å². The first-order valence-electron chi connectivity index (χ1n) is 20.3. The van der Waals surface area contributed by atoms with Crippen LogP contribution in [-0.4, -0.2) is 109 Å². The van der Waals surface area contributed by atoms with Crippen LogP contribution in [0.1, 0.15) is 96.2 Å². The first kappa shape index (κ1) is 42.7. The summed E-state index contributed by atoms with van der Waals surface area (Å²) in [4.78, 5) is 64.0. The van der Waals surface area contributed by atoms with E-state index in [0.29, 0.717) is 31.3 Å². The minimum absolute atomic E-state index is 0.00827. The first-order chi connectivity index (χ1) is 26.4. The standard InChI is InChI=1S/C42H64N6O6S/c1-9-26(4)37(47(6)42(52)35(25(2)3)46-40(51)36-29-17-18-30(23-29)44-36)33(53-7)24-34(49)48-20-13-16-32(48)38(54-8)27(5)39(50)45-31(41-43-19-21-55-41)22-28-14-11-10-12-15-28/h10-12,14-15,19,21,25-27,29-33,35-38,44H,9,13,16-18,20,22-24H2,1-8H3,(H,45,50)(H,46,51)/t26?,27?,29-,30+,31?,32-,33?,35?,36-,37?,38?/m0/s1. The van der Waals surface area contributed by atoms with Crippen LogP contribution in [0, 0.1) is 23.7 Å². The number of likely N-dealkylation sites (tertiary alicyclic amines) is 1. The van der Waals surface area contributed by atoms with Gasteiger partial charge in [0.25, 0.3) is 0 Å².